The van der Waals surface area contributed by atoms with E-state index < -0.39 is 16.1 Å². The molecule has 0 saturated carbocycles. The monoisotopic (exact) mass is 428 g/mol. The summed E-state index contributed by atoms with van der Waals surface area (Å²) in [6, 6.07) is 13.0. The lowest BCUT2D eigenvalue weighted by molar-refractivity contribution is 1.63. The predicted octanol–water partition coefficient (Wildman–Crippen LogP) is 6.46. The molecule has 0 N–H and O–H groups in total. The first-order valence-electron chi connectivity index (χ1n) is 9.79. The Hall–Kier alpha value is -2.45. The van der Waals surface area contributed by atoms with Gasteiger partial charge in [0.1, 0.15) is 27.2 Å². The average Bonchev–Trinajstić information content (AvgIpc) is 3.10. The Morgan fingerprint density at radius 1 is 0.690 bits per heavy atom. The zero-order valence-corrected chi connectivity index (χ0v) is 20.6. The highest BCUT2D eigenvalue weighted by Crippen LogP contribution is 2.34. The molecule has 1 aromatic heterocycles. The number of rotatable bonds is 0. The summed E-state index contributed by atoms with van der Waals surface area (Å²) >= 11 is 1.25. The minimum Gasteiger partial charge on any atom is -0.172 e. The van der Waals surface area contributed by atoms with Crippen molar-refractivity contribution in [3.8, 4) is 22.9 Å². The van der Waals surface area contributed by atoms with E-state index in [0.29, 0.717) is 0 Å². The lowest BCUT2D eigenvalue weighted by atomic mass is 9.94. The Balaban J connectivity index is 2.19. The van der Waals surface area contributed by atoms with Gasteiger partial charge in [-0.15, -0.1) is 11.1 Å². The molecule has 5 heteroatoms. The second-order valence-corrected chi connectivity index (χ2v) is 19.5. The van der Waals surface area contributed by atoms with Crippen molar-refractivity contribution < 1.29 is 0 Å². The van der Waals surface area contributed by atoms with Crippen molar-refractivity contribution >= 4 is 60.5 Å². The highest BCUT2D eigenvalue weighted by molar-refractivity contribution is 7.00. The molecular formula is C24H24N2SSi2. The standard InChI is InChI=1S/C24H24N2SSi2/c1-28(2,3)13-11-19-21-15-17-9-7-8-10-18(17)16-22(21)20(12-14-29(4,5)6)24-23(19)25-27-26-24/h7-10,15-16H,1-6H3. The molecule has 29 heavy (non-hydrogen) atoms. The van der Waals surface area contributed by atoms with Gasteiger partial charge in [-0.1, -0.05) is 75.4 Å². The molecule has 4 rings (SSSR count). The number of hydrogen-bond donors (Lipinski definition) is 0. The van der Waals surface area contributed by atoms with Crippen molar-refractivity contribution in [2.24, 2.45) is 0 Å². The van der Waals surface area contributed by atoms with Gasteiger partial charge >= 0.3 is 0 Å². The molecule has 0 aliphatic heterocycles. The Labute approximate surface area is 178 Å². The summed E-state index contributed by atoms with van der Waals surface area (Å²) in [4.78, 5) is 0. The zero-order valence-electron chi connectivity index (χ0n) is 17.8. The quantitative estimate of drug-likeness (QED) is 0.183. The third-order valence-electron chi connectivity index (χ3n) is 4.51. The molecule has 0 bridgehead atoms. The van der Waals surface area contributed by atoms with Crippen LogP contribution in [-0.4, -0.2) is 24.9 Å². The van der Waals surface area contributed by atoms with Gasteiger partial charge in [0.2, 0.25) is 0 Å². The van der Waals surface area contributed by atoms with E-state index in [1.165, 1.54) is 22.5 Å². The summed E-state index contributed by atoms with van der Waals surface area (Å²) in [7, 11) is -3.06. The van der Waals surface area contributed by atoms with E-state index in [2.05, 4.69) is 107 Å². The van der Waals surface area contributed by atoms with Crippen molar-refractivity contribution in [1.82, 2.24) is 8.75 Å². The van der Waals surface area contributed by atoms with E-state index in [4.69, 9.17) is 0 Å². The lowest BCUT2D eigenvalue weighted by Crippen LogP contribution is -2.16. The third kappa shape index (κ3) is 4.13. The van der Waals surface area contributed by atoms with Crippen LogP contribution < -0.4 is 0 Å². The maximum Gasteiger partial charge on any atom is 0.129 e. The van der Waals surface area contributed by atoms with Crippen molar-refractivity contribution in [1.29, 1.82) is 0 Å². The molecule has 0 aliphatic rings. The van der Waals surface area contributed by atoms with Gasteiger partial charge in [-0.3, -0.25) is 0 Å². The molecule has 4 aromatic rings. The fourth-order valence-electron chi connectivity index (χ4n) is 3.18. The van der Waals surface area contributed by atoms with E-state index in [0.717, 1.165) is 32.9 Å². The average molecular weight is 429 g/mol. The first kappa shape index (κ1) is 19.9. The molecule has 0 spiro atoms. The largest absolute Gasteiger partial charge is 0.172 e. The molecular weight excluding hydrogens is 405 g/mol. The highest BCUT2D eigenvalue weighted by atomic mass is 32.1. The van der Waals surface area contributed by atoms with Gasteiger partial charge in [0.15, 0.2) is 0 Å². The molecule has 0 unspecified atom stereocenters. The molecule has 0 aliphatic carbocycles. The van der Waals surface area contributed by atoms with Crippen molar-refractivity contribution in [2.75, 3.05) is 0 Å². The second kappa shape index (κ2) is 7.11. The molecule has 0 atom stereocenters. The van der Waals surface area contributed by atoms with E-state index in [1.54, 1.807) is 0 Å². The minimum atomic E-state index is -1.53. The Morgan fingerprint density at radius 3 is 1.48 bits per heavy atom. The van der Waals surface area contributed by atoms with Crippen LogP contribution in [0.2, 0.25) is 39.3 Å². The van der Waals surface area contributed by atoms with Crippen LogP contribution in [0.3, 0.4) is 0 Å². The number of aromatic nitrogens is 2. The van der Waals surface area contributed by atoms with Crippen LogP contribution in [0.15, 0.2) is 36.4 Å². The molecule has 0 saturated heterocycles. The summed E-state index contributed by atoms with van der Waals surface area (Å²) in [6.07, 6.45) is 0. The van der Waals surface area contributed by atoms with Gasteiger partial charge in [0, 0.05) is 10.8 Å². The van der Waals surface area contributed by atoms with Crippen LogP contribution >= 0.6 is 11.7 Å². The molecule has 3 aromatic carbocycles. The normalized spacial score (nSPS) is 11.9. The molecule has 144 valence electrons. The van der Waals surface area contributed by atoms with Gasteiger partial charge in [-0.25, -0.2) is 0 Å². The second-order valence-electron chi connectivity index (χ2n) is 9.46. The van der Waals surface area contributed by atoms with Gasteiger partial charge in [0.05, 0.1) is 22.9 Å². The number of benzene rings is 3. The maximum absolute atomic E-state index is 4.64. The molecule has 0 radical (unpaired) electrons. The Morgan fingerprint density at radius 2 is 1.10 bits per heavy atom. The SMILES string of the molecule is C[Si](C)(C)C#Cc1c2cc3ccccc3cc2c(C#C[Si](C)(C)C)c2nsnc12. The molecule has 2 nitrogen and oxygen atoms in total. The summed E-state index contributed by atoms with van der Waals surface area (Å²) < 4.78 is 9.28. The zero-order chi connectivity index (χ0) is 20.8. The van der Waals surface area contributed by atoms with Crippen LogP contribution in [0.25, 0.3) is 32.6 Å². The summed E-state index contributed by atoms with van der Waals surface area (Å²) in [5.41, 5.74) is 10.8. The van der Waals surface area contributed by atoms with E-state index in [1.807, 2.05) is 0 Å². The summed E-state index contributed by atoms with van der Waals surface area (Å²) in [6.45, 7) is 13.6. The summed E-state index contributed by atoms with van der Waals surface area (Å²) in [5, 5.41) is 4.69. The smallest absolute Gasteiger partial charge is 0.129 e. The van der Waals surface area contributed by atoms with Crippen molar-refractivity contribution in [2.45, 2.75) is 39.3 Å². The predicted molar refractivity (Wildman–Crippen MR) is 133 cm³/mol. The van der Waals surface area contributed by atoms with E-state index >= 15 is 0 Å². The molecule has 1 heterocycles. The van der Waals surface area contributed by atoms with Crippen LogP contribution in [0.4, 0.5) is 0 Å². The minimum absolute atomic E-state index is 0.892. The first-order valence-corrected chi connectivity index (χ1v) is 17.5. The van der Waals surface area contributed by atoms with Crippen LogP contribution in [0.1, 0.15) is 11.1 Å². The van der Waals surface area contributed by atoms with Gasteiger partial charge in [0.25, 0.3) is 0 Å². The molecule has 0 amide bonds. The Kier molecular flexibility index (Phi) is 4.87. The topological polar surface area (TPSA) is 25.8 Å². The summed E-state index contributed by atoms with van der Waals surface area (Å²) in [5.74, 6) is 6.99. The van der Waals surface area contributed by atoms with E-state index in [-0.39, 0.29) is 0 Å². The fraction of sp³-hybridized carbons (Fsp3) is 0.250. The fourth-order valence-corrected chi connectivity index (χ4v) is 4.74. The third-order valence-corrected chi connectivity index (χ3v) is 6.79. The molecule has 0 fully saturated rings. The first-order chi connectivity index (χ1) is 13.6. The highest BCUT2D eigenvalue weighted by Gasteiger charge is 2.18. The van der Waals surface area contributed by atoms with Crippen molar-refractivity contribution in [3.05, 3.63) is 47.5 Å². The van der Waals surface area contributed by atoms with Gasteiger partial charge < -0.3 is 0 Å². The van der Waals surface area contributed by atoms with Crippen LogP contribution in [0.5, 0.6) is 0 Å². The van der Waals surface area contributed by atoms with Gasteiger partial charge in [-0.05, 0) is 22.9 Å². The van der Waals surface area contributed by atoms with Crippen LogP contribution in [0, 0.1) is 22.9 Å². The number of hydrogen-bond acceptors (Lipinski definition) is 3. The van der Waals surface area contributed by atoms with E-state index in [9.17, 15) is 0 Å². The number of nitrogens with zero attached hydrogens (tertiary/aromatic N) is 2. The maximum atomic E-state index is 4.64. The number of fused-ring (bicyclic) bond motifs is 3. The Bertz CT molecular complexity index is 1280. The lowest BCUT2D eigenvalue weighted by Gasteiger charge is -2.10. The van der Waals surface area contributed by atoms with Gasteiger partial charge in [-0.2, -0.15) is 8.75 Å². The van der Waals surface area contributed by atoms with Crippen LogP contribution in [-0.2, 0) is 0 Å². The van der Waals surface area contributed by atoms with Crippen molar-refractivity contribution in [3.63, 3.8) is 0 Å².